The first-order valence-corrected chi connectivity index (χ1v) is 8.81. The van der Waals surface area contributed by atoms with Gasteiger partial charge in [0.05, 0.1) is 11.9 Å². The van der Waals surface area contributed by atoms with E-state index in [0.29, 0.717) is 11.4 Å². The van der Waals surface area contributed by atoms with Gasteiger partial charge in [-0.05, 0) is 37.5 Å². The zero-order chi connectivity index (χ0) is 14.6. The number of aromatic nitrogens is 2. The van der Waals surface area contributed by atoms with Crippen LogP contribution in [-0.2, 0) is 16.4 Å². The maximum absolute atomic E-state index is 12.2. The van der Waals surface area contributed by atoms with Gasteiger partial charge in [-0.1, -0.05) is 28.1 Å². The van der Waals surface area contributed by atoms with Crippen LogP contribution in [0.15, 0.2) is 35.4 Å². The molecule has 0 bridgehead atoms. The summed E-state index contributed by atoms with van der Waals surface area (Å²) in [6, 6.07) is 7.44. The van der Waals surface area contributed by atoms with E-state index in [0.717, 1.165) is 23.7 Å². The number of aromatic amines is 1. The standard InChI is InChI=1S/C13H16BrN3O2S/c1-10-13(9-15-16-10)20(18,19)17-12-6-2-4-11(8-12)5-3-7-14/h2,4,6,8-9,17H,3,5,7H2,1H3,(H,15,16). The van der Waals surface area contributed by atoms with Crippen molar-refractivity contribution in [1.82, 2.24) is 10.2 Å². The van der Waals surface area contributed by atoms with Crippen LogP contribution in [0.2, 0.25) is 0 Å². The Morgan fingerprint density at radius 3 is 2.85 bits per heavy atom. The van der Waals surface area contributed by atoms with Gasteiger partial charge in [0.2, 0.25) is 0 Å². The van der Waals surface area contributed by atoms with Crippen LogP contribution >= 0.6 is 15.9 Å². The summed E-state index contributed by atoms with van der Waals surface area (Å²) in [5.74, 6) is 0. The van der Waals surface area contributed by atoms with E-state index in [2.05, 4.69) is 30.8 Å². The third-order valence-corrected chi connectivity index (χ3v) is 4.91. The lowest BCUT2D eigenvalue weighted by Crippen LogP contribution is -2.13. The molecule has 0 aliphatic rings. The van der Waals surface area contributed by atoms with E-state index in [-0.39, 0.29) is 4.90 Å². The van der Waals surface area contributed by atoms with Crippen molar-refractivity contribution in [1.29, 1.82) is 0 Å². The Labute approximate surface area is 127 Å². The van der Waals surface area contributed by atoms with Gasteiger partial charge in [0.25, 0.3) is 10.0 Å². The number of benzene rings is 1. The highest BCUT2D eigenvalue weighted by molar-refractivity contribution is 9.09. The minimum absolute atomic E-state index is 0.170. The van der Waals surface area contributed by atoms with Crippen molar-refractivity contribution >= 4 is 31.6 Å². The molecule has 0 amide bonds. The van der Waals surface area contributed by atoms with Crippen molar-refractivity contribution < 1.29 is 8.42 Å². The molecular formula is C13H16BrN3O2S. The van der Waals surface area contributed by atoms with Crippen molar-refractivity contribution in [2.24, 2.45) is 0 Å². The number of rotatable bonds is 6. The molecular weight excluding hydrogens is 342 g/mol. The topological polar surface area (TPSA) is 74.8 Å². The Morgan fingerprint density at radius 1 is 1.40 bits per heavy atom. The molecule has 1 aromatic carbocycles. The Bertz CT molecular complexity index is 682. The van der Waals surface area contributed by atoms with Crippen LogP contribution in [0.4, 0.5) is 5.69 Å². The minimum Gasteiger partial charge on any atom is -0.281 e. The monoisotopic (exact) mass is 357 g/mol. The fraction of sp³-hybridized carbons (Fsp3) is 0.308. The molecule has 0 unspecified atom stereocenters. The van der Waals surface area contributed by atoms with Crippen LogP contribution < -0.4 is 4.72 Å². The first-order valence-electron chi connectivity index (χ1n) is 6.20. The predicted molar refractivity (Wildman–Crippen MR) is 82.7 cm³/mol. The number of anilines is 1. The van der Waals surface area contributed by atoms with Gasteiger partial charge in [-0.2, -0.15) is 5.10 Å². The molecule has 2 aromatic rings. The molecule has 108 valence electrons. The number of H-pyrrole nitrogens is 1. The van der Waals surface area contributed by atoms with E-state index < -0.39 is 10.0 Å². The van der Waals surface area contributed by atoms with E-state index in [4.69, 9.17) is 0 Å². The largest absolute Gasteiger partial charge is 0.281 e. The molecule has 0 spiro atoms. The highest BCUT2D eigenvalue weighted by atomic mass is 79.9. The summed E-state index contributed by atoms with van der Waals surface area (Å²) in [5, 5.41) is 7.29. The Balaban J connectivity index is 2.19. The summed E-state index contributed by atoms with van der Waals surface area (Å²) < 4.78 is 27.0. The molecule has 0 saturated heterocycles. The SMILES string of the molecule is Cc1[nH]ncc1S(=O)(=O)Nc1cccc(CCCBr)c1. The molecule has 0 saturated carbocycles. The Kier molecular flexibility index (Phi) is 4.82. The van der Waals surface area contributed by atoms with Gasteiger partial charge in [0.1, 0.15) is 4.90 Å². The number of hydrogen-bond acceptors (Lipinski definition) is 3. The number of nitrogens with zero attached hydrogens (tertiary/aromatic N) is 1. The number of hydrogen-bond donors (Lipinski definition) is 2. The number of sulfonamides is 1. The van der Waals surface area contributed by atoms with Crippen molar-refractivity contribution in [2.45, 2.75) is 24.7 Å². The van der Waals surface area contributed by atoms with Crippen molar-refractivity contribution in [3.63, 3.8) is 0 Å². The highest BCUT2D eigenvalue weighted by Gasteiger charge is 2.18. The molecule has 2 N–H and O–H groups in total. The van der Waals surface area contributed by atoms with Gasteiger partial charge in [-0.3, -0.25) is 9.82 Å². The van der Waals surface area contributed by atoms with Crippen LogP contribution in [-0.4, -0.2) is 23.9 Å². The smallest absolute Gasteiger partial charge is 0.265 e. The third-order valence-electron chi connectivity index (χ3n) is 2.85. The average molecular weight is 358 g/mol. The summed E-state index contributed by atoms with van der Waals surface area (Å²) in [5.41, 5.74) is 2.19. The van der Waals surface area contributed by atoms with E-state index in [1.54, 1.807) is 13.0 Å². The fourth-order valence-electron chi connectivity index (χ4n) is 1.88. The second kappa shape index (κ2) is 6.41. The normalized spacial score (nSPS) is 11.5. The average Bonchev–Trinajstić information content (AvgIpc) is 2.83. The van der Waals surface area contributed by atoms with Crippen LogP contribution in [0.25, 0.3) is 0 Å². The molecule has 1 heterocycles. The molecule has 0 fully saturated rings. The minimum atomic E-state index is -3.59. The quantitative estimate of drug-likeness (QED) is 0.780. The molecule has 0 atom stereocenters. The van der Waals surface area contributed by atoms with Crippen LogP contribution in [0.3, 0.4) is 0 Å². The number of nitrogens with one attached hydrogen (secondary N) is 2. The summed E-state index contributed by atoms with van der Waals surface area (Å²) >= 11 is 3.39. The van der Waals surface area contributed by atoms with Gasteiger partial charge in [0, 0.05) is 11.0 Å². The lowest BCUT2D eigenvalue weighted by Gasteiger charge is -2.08. The number of alkyl halides is 1. The molecule has 20 heavy (non-hydrogen) atoms. The second-order valence-corrected chi connectivity index (χ2v) is 6.90. The lowest BCUT2D eigenvalue weighted by molar-refractivity contribution is 0.600. The molecule has 0 aliphatic carbocycles. The highest BCUT2D eigenvalue weighted by Crippen LogP contribution is 2.19. The van der Waals surface area contributed by atoms with Gasteiger partial charge in [-0.25, -0.2) is 8.42 Å². The van der Waals surface area contributed by atoms with Crippen molar-refractivity contribution in [3.05, 3.63) is 41.7 Å². The Morgan fingerprint density at radius 2 is 2.20 bits per heavy atom. The summed E-state index contributed by atoms with van der Waals surface area (Å²) in [7, 11) is -3.59. The Hall–Kier alpha value is -1.34. The zero-order valence-corrected chi connectivity index (χ0v) is 13.5. The molecule has 7 heteroatoms. The summed E-state index contributed by atoms with van der Waals surface area (Å²) in [6.45, 7) is 1.67. The predicted octanol–water partition coefficient (Wildman–Crippen LogP) is 2.85. The van der Waals surface area contributed by atoms with E-state index in [1.165, 1.54) is 6.20 Å². The maximum Gasteiger partial charge on any atom is 0.265 e. The van der Waals surface area contributed by atoms with Gasteiger partial charge < -0.3 is 0 Å². The van der Waals surface area contributed by atoms with Gasteiger partial charge in [0.15, 0.2) is 0 Å². The van der Waals surface area contributed by atoms with Gasteiger partial charge in [-0.15, -0.1) is 0 Å². The number of aryl methyl sites for hydroxylation is 2. The fourth-order valence-corrected chi connectivity index (χ4v) is 3.35. The van der Waals surface area contributed by atoms with Gasteiger partial charge >= 0.3 is 0 Å². The summed E-state index contributed by atoms with van der Waals surface area (Å²) in [6.07, 6.45) is 3.23. The first kappa shape index (κ1) is 15.1. The third kappa shape index (κ3) is 3.61. The van der Waals surface area contributed by atoms with Crippen LogP contribution in [0.5, 0.6) is 0 Å². The molecule has 1 aromatic heterocycles. The van der Waals surface area contributed by atoms with Crippen LogP contribution in [0, 0.1) is 6.92 Å². The molecule has 5 nitrogen and oxygen atoms in total. The molecule has 0 radical (unpaired) electrons. The first-order chi connectivity index (χ1) is 9.53. The lowest BCUT2D eigenvalue weighted by atomic mass is 10.1. The van der Waals surface area contributed by atoms with E-state index in [9.17, 15) is 8.42 Å². The van der Waals surface area contributed by atoms with Crippen molar-refractivity contribution in [2.75, 3.05) is 10.1 Å². The number of halogens is 1. The van der Waals surface area contributed by atoms with Crippen molar-refractivity contribution in [3.8, 4) is 0 Å². The van der Waals surface area contributed by atoms with E-state index >= 15 is 0 Å². The van der Waals surface area contributed by atoms with Crippen LogP contribution in [0.1, 0.15) is 17.7 Å². The maximum atomic E-state index is 12.2. The second-order valence-electron chi connectivity index (χ2n) is 4.46. The molecule has 0 aliphatic heterocycles. The zero-order valence-electron chi connectivity index (χ0n) is 11.1. The molecule has 2 rings (SSSR count). The van der Waals surface area contributed by atoms with E-state index in [1.807, 2.05) is 18.2 Å². The summed E-state index contributed by atoms with van der Waals surface area (Å²) in [4.78, 5) is 0.170.